The third kappa shape index (κ3) is 3.79. The van der Waals surface area contributed by atoms with Crippen molar-refractivity contribution in [1.82, 2.24) is 26.0 Å². The normalized spacial score (nSPS) is 24.1. The lowest BCUT2D eigenvalue weighted by atomic mass is 9.82. The molecule has 0 aromatic rings. The zero-order valence-electron chi connectivity index (χ0n) is 13.8. The van der Waals surface area contributed by atoms with E-state index in [1.54, 1.807) is 0 Å². The molecule has 1 aliphatic carbocycles. The van der Waals surface area contributed by atoms with E-state index in [1.165, 1.54) is 0 Å². The Labute approximate surface area is 147 Å². The van der Waals surface area contributed by atoms with Crippen LogP contribution in [0.15, 0.2) is 0 Å². The standard InChI is InChI=1S/C15H25N5O3S/c21-12-15(4-2-1-3-5-15)17-14(22)20(12)18-13(24)16-6-7-19-8-10-23-11-9-19/h1-11H2,(H,17,22)(H2,16,18,24). The number of urea groups is 1. The molecule has 8 nitrogen and oxygen atoms in total. The van der Waals surface area contributed by atoms with Crippen molar-refractivity contribution in [2.24, 2.45) is 0 Å². The highest BCUT2D eigenvalue weighted by atomic mass is 32.1. The number of thiocarbonyl (C=S) groups is 1. The molecule has 0 aromatic carbocycles. The van der Waals surface area contributed by atoms with Gasteiger partial charge in [-0.3, -0.25) is 15.1 Å². The summed E-state index contributed by atoms with van der Waals surface area (Å²) in [6, 6.07) is -0.417. The van der Waals surface area contributed by atoms with Gasteiger partial charge in [-0.05, 0) is 25.1 Å². The first kappa shape index (κ1) is 17.4. The van der Waals surface area contributed by atoms with Crippen LogP contribution < -0.4 is 16.1 Å². The summed E-state index contributed by atoms with van der Waals surface area (Å²) in [5.74, 6) is -0.218. The number of hydrogen-bond donors (Lipinski definition) is 3. The molecule has 0 aromatic heterocycles. The molecule has 24 heavy (non-hydrogen) atoms. The Morgan fingerprint density at radius 3 is 2.62 bits per heavy atom. The topological polar surface area (TPSA) is 85.9 Å². The van der Waals surface area contributed by atoms with Crippen molar-refractivity contribution < 1.29 is 14.3 Å². The first-order valence-electron chi connectivity index (χ1n) is 8.62. The molecule has 9 heteroatoms. The maximum atomic E-state index is 12.6. The number of nitrogens with zero attached hydrogens (tertiary/aromatic N) is 2. The minimum atomic E-state index is -0.730. The number of ether oxygens (including phenoxy) is 1. The second-order valence-corrected chi connectivity index (χ2v) is 6.94. The first-order chi connectivity index (χ1) is 11.6. The number of nitrogens with one attached hydrogen (secondary N) is 3. The molecular formula is C15H25N5O3S. The lowest BCUT2D eigenvalue weighted by Crippen LogP contribution is -2.53. The first-order valence-corrected chi connectivity index (χ1v) is 9.03. The largest absolute Gasteiger partial charge is 0.379 e. The van der Waals surface area contributed by atoms with E-state index in [0.717, 1.165) is 57.1 Å². The summed E-state index contributed by atoms with van der Waals surface area (Å²) in [5, 5.41) is 7.22. The number of carbonyl (C=O) groups is 2. The van der Waals surface area contributed by atoms with Gasteiger partial charge in [0.05, 0.1) is 13.2 Å². The maximum absolute atomic E-state index is 12.6. The third-order valence-corrected chi connectivity index (χ3v) is 5.14. The molecule has 3 amide bonds. The van der Waals surface area contributed by atoms with Crippen LogP contribution in [-0.2, 0) is 9.53 Å². The van der Waals surface area contributed by atoms with Crippen molar-refractivity contribution >= 4 is 29.3 Å². The third-order valence-electron chi connectivity index (χ3n) is 4.90. The van der Waals surface area contributed by atoms with Crippen molar-refractivity contribution in [3.63, 3.8) is 0 Å². The molecule has 3 fully saturated rings. The average molecular weight is 355 g/mol. The Balaban J connectivity index is 1.45. The smallest absolute Gasteiger partial charge is 0.344 e. The molecule has 0 unspecified atom stereocenters. The highest BCUT2D eigenvalue weighted by Gasteiger charge is 2.51. The second-order valence-electron chi connectivity index (χ2n) is 6.54. The second kappa shape index (κ2) is 7.62. The Morgan fingerprint density at radius 1 is 1.21 bits per heavy atom. The van der Waals surface area contributed by atoms with Crippen molar-refractivity contribution in [1.29, 1.82) is 0 Å². The van der Waals surface area contributed by atoms with Crippen LogP contribution in [0.25, 0.3) is 0 Å². The van der Waals surface area contributed by atoms with Crippen molar-refractivity contribution in [2.45, 2.75) is 37.6 Å². The Bertz CT molecular complexity index is 503. The monoisotopic (exact) mass is 355 g/mol. The number of rotatable bonds is 4. The van der Waals surface area contributed by atoms with Gasteiger partial charge >= 0.3 is 6.03 Å². The molecule has 3 aliphatic rings. The van der Waals surface area contributed by atoms with Gasteiger partial charge in [0.1, 0.15) is 5.54 Å². The molecular weight excluding hydrogens is 330 g/mol. The quantitative estimate of drug-likeness (QED) is 0.482. The van der Waals surface area contributed by atoms with E-state index in [1.807, 2.05) is 0 Å². The molecule has 3 rings (SSSR count). The van der Waals surface area contributed by atoms with Gasteiger partial charge in [0, 0.05) is 26.2 Å². The molecule has 2 aliphatic heterocycles. The fourth-order valence-electron chi connectivity index (χ4n) is 3.51. The molecule has 134 valence electrons. The molecule has 0 radical (unpaired) electrons. The lowest BCUT2D eigenvalue weighted by Gasteiger charge is -2.30. The van der Waals surface area contributed by atoms with Crippen molar-refractivity contribution in [3.05, 3.63) is 0 Å². The van der Waals surface area contributed by atoms with Crippen LogP contribution in [0, 0.1) is 0 Å². The zero-order chi connectivity index (χ0) is 17.0. The Kier molecular flexibility index (Phi) is 5.52. The minimum absolute atomic E-state index is 0.218. The van der Waals surface area contributed by atoms with Crippen LogP contribution in [0.5, 0.6) is 0 Å². The van der Waals surface area contributed by atoms with Gasteiger partial charge in [0.15, 0.2) is 5.11 Å². The van der Waals surface area contributed by atoms with Gasteiger partial charge in [-0.1, -0.05) is 19.3 Å². The van der Waals surface area contributed by atoms with E-state index < -0.39 is 11.6 Å². The minimum Gasteiger partial charge on any atom is -0.379 e. The summed E-state index contributed by atoms with van der Waals surface area (Å²) in [6.45, 7) is 4.84. The highest BCUT2D eigenvalue weighted by molar-refractivity contribution is 7.80. The van der Waals surface area contributed by atoms with Gasteiger partial charge < -0.3 is 15.4 Å². The van der Waals surface area contributed by atoms with Crippen LogP contribution >= 0.6 is 12.2 Å². The van der Waals surface area contributed by atoms with Gasteiger partial charge in [-0.15, -0.1) is 0 Å². The molecule has 0 atom stereocenters. The van der Waals surface area contributed by atoms with E-state index >= 15 is 0 Å². The van der Waals surface area contributed by atoms with Crippen molar-refractivity contribution in [3.8, 4) is 0 Å². The molecule has 0 bridgehead atoms. The van der Waals surface area contributed by atoms with Crippen LogP contribution in [0.2, 0.25) is 0 Å². The highest BCUT2D eigenvalue weighted by Crippen LogP contribution is 2.32. The fraction of sp³-hybridized carbons (Fsp3) is 0.800. The van der Waals surface area contributed by atoms with E-state index in [4.69, 9.17) is 17.0 Å². The summed E-state index contributed by atoms with van der Waals surface area (Å²) in [7, 11) is 0. The van der Waals surface area contributed by atoms with Gasteiger partial charge in [0.2, 0.25) is 0 Å². The number of amides is 3. The van der Waals surface area contributed by atoms with Crippen LogP contribution in [0.3, 0.4) is 0 Å². The van der Waals surface area contributed by atoms with Gasteiger partial charge in [0.25, 0.3) is 5.91 Å². The number of imide groups is 1. The average Bonchev–Trinajstić information content (AvgIpc) is 2.81. The number of hydrogen-bond acceptors (Lipinski definition) is 5. The number of morpholine rings is 1. The van der Waals surface area contributed by atoms with Crippen molar-refractivity contribution in [2.75, 3.05) is 39.4 Å². The van der Waals surface area contributed by atoms with E-state index in [0.29, 0.717) is 24.5 Å². The number of hydrazine groups is 1. The predicted octanol–water partition coefficient (Wildman–Crippen LogP) is -0.0476. The molecule has 1 saturated carbocycles. The molecule has 2 heterocycles. The summed E-state index contributed by atoms with van der Waals surface area (Å²) < 4.78 is 5.31. The molecule has 2 saturated heterocycles. The Morgan fingerprint density at radius 2 is 1.92 bits per heavy atom. The van der Waals surface area contributed by atoms with Gasteiger partial charge in [-0.2, -0.15) is 5.01 Å². The van der Waals surface area contributed by atoms with Crippen LogP contribution in [-0.4, -0.2) is 71.9 Å². The molecule has 1 spiro atoms. The predicted molar refractivity (Wildman–Crippen MR) is 92.2 cm³/mol. The van der Waals surface area contributed by atoms with E-state index in [9.17, 15) is 9.59 Å². The summed E-state index contributed by atoms with van der Waals surface area (Å²) >= 11 is 5.21. The van der Waals surface area contributed by atoms with E-state index in [2.05, 4.69) is 21.0 Å². The van der Waals surface area contributed by atoms with Gasteiger partial charge in [-0.25, -0.2) is 4.79 Å². The molecule has 3 N–H and O–H groups in total. The summed E-state index contributed by atoms with van der Waals surface area (Å²) in [5.41, 5.74) is 2.01. The fourth-order valence-corrected chi connectivity index (χ4v) is 3.70. The number of carbonyl (C=O) groups excluding carboxylic acids is 2. The van der Waals surface area contributed by atoms with Crippen LogP contribution in [0.4, 0.5) is 4.79 Å². The SMILES string of the molecule is O=C1NC2(CCCCC2)C(=O)N1NC(=S)NCCN1CCOCC1. The zero-order valence-corrected chi connectivity index (χ0v) is 14.6. The lowest BCUT2D eigenvalue weighted by molar-refractivity contribution is -0.133. The Hall–Kier alpha value is -1.45. The van der Waals surface area contributed by atoms with Crippen LogP contribution in [0.1, 0.15) is 32.1 Å². The summed E-state index contributed by atoms with van der Waals surface area (Å²) in [4.78, 5) is 27.0. The summed E-state index contributed by atoms with van der Waals surface area (Å²) in [6.07, 6.45) is 4.43. The maximum Gasteiger partial charge on any atom is 0.344 e. The van der Waals surface area contributed by atoms with E-state index in [-0.39, 0.29) is 5.91 Å².